The highest BCUT2D eigenvalue weighted by atomic mass is 19.3. The Hall–Kier alpha value is -0.970. The van der Waals surface area contributed by atoms with Gasteiger partial charge < -0.3 is 9.88 Å². The Kier molecular flexibility index (Phi) is 2.98. The highest BCUT2D eigenvalue weighted by molar-refractivity contribution is 4.90. The number of aryl methyl sites for hydroxylation is 1. The second kappa shape index (κ2) is 3.83. The lowest BCUT2D eigenvalue weighted by molar-refractivity contribution is -0.0137. The molecule has 0 fully saturated rings. The van der Waals surface area contributed by atoms with Crippen molar-refractivity contribution in [1.29, 1.82) is 0 Å². The van der Waals surface area contributed by atoms with Crippen LogP contribution in [0.25, 0.3) is 0 Å². The minimum atomic E-state index is -2.72. The summed E-state index contributed by atoms with van der Waals surface area (Å²) in [4.78, 5) is 3.87. The molecule has 1 rings (SSSR count). The first kappa shape index (κ1) is 10.1. The van der Waals surface area contributed by atoms with Crippen molar-refractivity contribution < 1.29 is 8.78 Å². The van der Waals surface area contributed by atoms with E-state index < -0.39 is 5.92 Å². The third-order valence-corrected chi connectivity index (χ3v) is 1.76. The van der Waals surface area contributed by atoms with E-state index in [0.29, 0.717) is 5.82 Å². The number of aromatic nitrogens is 2. The van der Waals surface area contributed by atoms with Crippen molar-refractivity contribution in [2.75, 3.05) is 13.6 Å². The first-order chi connectivity index (χ1) is 6.05. The van der Waals surface area contributed by atoms with Crippen molar-refractivity contribution in [3.05, 3.63) is 18.2 Å². The fourth-order valence-corrected chi connectivity index (χ4v) is 1.13. The van der Waals surface area contributed by atoms with E-state index in [4.69, 9.17) is 0 Å². The molecule has 1 heterocycles. The van der Waals surface area contributed by atoms with Crippen molar-refractivity contribution >= 4 is 0 Å². The van der Waals surface area contributed by atoms with Crippen molar-refractivity contribution in [2.45, 2.75) is 19.4 Å². The zero-order chi connectivity index (χ0) is 9.90. The fourth-order valence-electron chi connectivity index (χ4n) is 1.13. The molecule has 3 nitrogen and oxygen atoms in total. The number of halogens is 2. The lowest BCUT2D eigenvalue weighted by Crippen LogP contribution is -2.34. The standard InChI is InChI=1S/C8H13F2N3/c1-7-12-3-4-13(7)6-8(9,10)5-11-2/h3-4,11H,5-6H2,1-2H3. The first-order valence-corrected chi connectivity index (χ1v) is 4.05. The Balaban J connectivity index is 2.63. The van der Waals surface area contributed by atoms with Crippen LogP contribution in [-0.2, 0) is 6.54 Å². The van der Waals surface area contributed by atoms with Crippen LogP contribution >= 0.6 is 0 Å². The van der Waals surface area contributed by atoms with Crippen LogP contribution in [0, 0.1) is 6.92 Å². The van der Waals surface area contributed by atoms with E-state index in [1.165, 1.54) is 17.8 Å². The lowest BCUT2D eigenvalue weighted by Gasteiger charge is -2.16. The summed E-state index contributed by atoms with van der Waals surface area (Å²) < 4.78 is 27.6. The number of imidazole rings is 1. The van der Waals surface area contributed by atoms with Crippen molar-refractivity contribution in [3.8, 4) is 0 Å². The van der Waals surface area contributed by atoms with Gasteiger partial charge in [0.2, 0.25) is 0 Å². The first-order valence-electron chi connectivity index (χ1n) is 4.05. The van der Waals surface area contributed by atoms with Crippen LogP contribution in [-0.4, -0.2) is 29.1 Å². The van der Waals surface area contributed by atoms with Gasteiger partial charge in [0.05, 0.1) is 13.1 Å². The SMILES string of the molecule is CNCC(F)(F)Cn1ccnc1C. The maximum absolute atomic E-state index is 13.1. The molecular formula is C8H13F2N3. The van der Waals surface area contributed by atoms with Crippen molar-refractivity contribution in [3.63, 3.8) is 0 Å². The zero-order valence-electron chi connectivity index (χ0n) is 7.72. The summed E-state index contributed by atoms with van der Waals surface area (Å²) in [6, 6.07) is 0. The predicted octanol–water partition coefficient (Wildman–Crippen LogP) is 1.05. The fraction of sp³-hybridized carbons (Fsp3) is 0.625. The molecule has 0 aromatic carbocycles. The Bertz CT molecular complexity index is 270. The van der Waals surface area contributed by atoms with E-state index in [2.05, 4.69) is 10.3 Å². The number of nitrogens with zero attached hydrogens (tertiary/aromatic N) is 2. The molecule has 0 atom stereocenters. The minimum absolute atomic E-state index is 0.315. The number of rotatable bonds is 4. The van der Waals surface area contributed by atoms with Gasteiger partial charge >= 0.3 is 0 Å². The maximum Gasteiger partial charge on any atom is 0.277 e. The molecule has 0 aliphatic rings. The third kappa shape index (κ3) is 2.77. The predicted molar refractivity (Wildman–Crippen MR) is 45.8 cm³/mol. The van der Waals surface area contributed by atoms with Crippen LogP contribution in [0.3, 0.4) is 0 Å². The van der Waals surface area contributed by atoms with E-state index in [-0.39, 0.29) is 13.1 Å². The maximum atomic E-state index is 13.1. The summed E-state index contributed by atoms with van der Waals surface area (Å²) in [5.41, 5.74) is 0. The van der Waals surface area contributed by atoms with Gasteiger partial charge in [0.25, 0.3) is 5.92 Å². The monoisotopic (exact) mass is 189 g/mol. The molecule has 0 bridgehead atoms. The average molecular weight is 189 g/mol. The van der Waals surface area contributed by atoms with Crippen LogP contribution in [0.15, 0.2) is 12.4 Å². The third-order valence-electron chi connectivity index (χ3n) is 1.76. The van der Waals surface area contributed by atoms with Crippen LogP contribution in [0.1, 0.15) is 5.82 Å². The molecule has 0 amide bonds. The number of hydrogen-bond acceptors (Lipinski definition) is 2. The Morgan fingerprint density at radius 1 is 1.62 bits per heavy atom. The second-order valence-corrected chi connectivity index (χ2v) is 2.99. The Morgan fingerprint density at radius 3 is 2.77 bits per heavy atom. The average Bonchev–Trinajstić information content (AvgIpc) is 2.35. The van der Waals surface area contributed by atoms with Crippen LogP contribution in [0.2, 0.25) is 0 Å². The number of alkyl halides is 2. The summed E-state index contributed by atoms with van der Waals surface area (Å²) in [5, 5.41) is 2.46. The van der Waals surface area contributed by atoms with Gasteiger partial charge in [-0.1, -0.05) is 0 Å². The van der Waals surface area contributed by atoms with E-state index in [1.807, 2.05) is 0 Å². The summed E-state index contributed by atoms with van der Waals surface area (Å²) in [5.74, 6) is -2.11. The van der Waals surface area contributed by atoms with Crippen LogP contribution < -0.4 is 5.32 Å². The summed E-state index contributed by atoms with van der Waals surface area (Å²) in [7, 11) is 1.51. The summed E-state index contributed by atoms with van der Waals surface area (Å²) in [6.45, 7) is 1.07. The van der Waals surface area contributed by atoms with Gasteiger partial charge in [-0.3, -0.25) is 0 Å². The normalized spacial score (nSPS) is 12.0. The van der Waals surface area contributed by atoms with Crippen LogP contribution in [0.5, 0.6) is 0 Å². The molecular weight excluding hydrogens is 176 g/mol. The lowest BCUT2D eigenvalue weighted by atomic mass is 10.3. The van der Waals surface area contributed by atoms with Crippen molar-refractivity contribution in [2.24, 2.45) is 0 Å². The van der Waals surface area contributed by atoms with Crippen LogP contribution in [0.4, 0.5) is 8.78 Å². The van der Waals surface area contributed by atoms with Gasteiger partial charge in [-0.2, -0.15) is 0 Å². The number of hydrogen-bond donors (Lipinski definition) is 1. The largest absolute Gasteiger partial charge is 0.329 e. The van der Waals surface area contributed by atoms with E-state index in [1.54, 1.807) is 13.1 Å². The molecule has 0 saturated heterocycles. The molecule has 5 heteroatoms. The molecule has 0 unspecified atom stereocenters. The van der Waals surface area contributed by atoms with Gasteiger partial charge in [-0.05, 0) is 14.0 Å². The van der Waals surface area contributed by atoms with Gasteiger partial charge in [-0.15, -0.1) is 0 Å². The number of nitrogens with one attached hydrogen (secondary N) is 1. The molecule has 0 spiro atoms. The van der Waals surface area contributed by atoms with Gasteiger partial charge in [0, 0.05) is 12.4 Å². The zero-order valence-corrected chi connectivity index (χ0v) is 7.72. The van der Waals surface area contributed by atoms with E-state index in [9.17, 15) is 8.78 Å². The molecule has 0 saturated carbocycles. The van der Waals surface area contributed by atoms with E-state index in [0.717, 1.165) is 0 Å². The topological polar surface area (TPSA) is 29.9 Å². The highest BCUT2D eigenvalue weighted by Gasteiger charge is 2.28. The Morgan fingerprint density at radius 2 is 2.31 bits per heavy atom. The molecule has 1 aromatic rings. The molecule has 0 aliphatic heterocycles. The molecule has 13 heavy (non-hydrogen) atoms. The minimum Gasteiger partial charge on any atom is -0.329 e. The summed E-state index contributed by atoms with van der Waals surface area (Å²) >= 11 is 0. The van der Waals surface area contributed by atoms with Crippen molar-refractivity contribution in [1.82, 2.24) is 14.9 Å². The molecule has 0 radical (unpaired) electrons. The molecule has 74 valence electrons. The quantitative estimate of drug-likeness (QED) is 0.767. The molecule has 1 aromatic heterocycles. The Labute approximate surface area is 75.8 Å². The molecule has 0 aliphatic carbocycles. The highest BCUT2D eigenvalue weighted by Crippen LogP contribution is 2.15. The van der Waals surface area contributed by atoms with Gasteiger partial charge in [0.15, 0.2) is 0 Å². The molecule has 1 N–H and O–H groups in total. The van der Waals surface area contributed by atoms with Gasteiger partial charge in [-0.25, -0.2) is 13.8 Å². The van der Waals surface area contributed by atoms with Gasteiger partial charge in [0.1, 0.15) is 5.82 Å². The smallest absolute Gasteiger partial charge is 0.277 e. The summed E-state index contributed by atoms with van der Waals surface area (Å²) in [6.07, 6.45) is 3.07. The van der Waals surface area contributed by atoms with E-state index >= 15 is 0 Å². The second-order valence-electron chi connectivity index (χ2n) is 2.99.